The summed E-state index contributed by atoms with van der Waals surface area (Å²) in [5.74, 6) is 4.56. The molecule has 0 aliphatic heterocycles. The number of nitrogens with one attached hydrogen (secondary N) is 1. The third-order valence-electron chi connectivity index (χ3n) is 3.79. The fourth-order valence-electron chi connectivity index (χ4n) is 2.49. The number of aromatic amines is 1. The SMILES string of the molecule is N/N=C(\N)c1ccc(-c2cc(O)c(=O)[nH]c2-c2ccc(F)cc2)cc1. The number of benzene rings is 2. The number of aromatic hydroxyl groups is 1. The zero-order valence-corrected chi connectivity index (χ0v) is 13.0. The van der Waals surface area contributed by atoms with Gasteiger partial charge in [-0.2, -0.15) is 5.10 Å². The van der Waals surface area contributed by atoms with E-state index >= 15 is 0 Å². The fraction of sp³-hybridized carbons (Fsp3) is 0. The van der Waals surface area contributed by atoms with Crippen molar-refractivity contribution in [2.75, 3.05) is 0 Å². The van der Waals surface area contributed by atoms with E-state index in [4.69, 9.17) is 11.6 Å². The van der Waals surface area contributed by atoms with Crippen LogP contribution >= 0.6 is 0 Å². The van der Waals surface area contributed by atoms with E-state index in [0.717, 1.165) is 5.56 Å². The molecule has 1 aromatic heterocycles. The summed E-state index contributed by atoms with van der Waals surface area (Å²) >= 11 is 0. The van der Waals surface area contributed by atoms with E-state index in [1.165, 1.54) is 18.2 Å². The van der Waals surface area contributed by atoms with Crippen molar-refractivity contribution in [2.45, 2.75) is 0 Å². The average Bonchev–Trinajstić information content (AvgIpc) is 2.64. The number of hydrazone groups is 1. The van der Waals surface area contributed by atoms with Crippen LogP contribution in [0.4, 0.5) is 4.39 Å². The van der Waals surface area contributed by atoms with Crippen LogP contribution in [0.15, 0.2) is 64.5 Å². The van der Waals surface area contributed by atoms with Gasteiger partial charge in [0, 0.05) is 11.1 Å². The number of H-pyrrole nitrogens is 1. The maximum Gasteiger partial charge on any atom is 0.290 e. The zero-order chi connectivity index (χ0) is 18.0. The summed E-state index contributed by atoms with van der Waals surface area (Å²) in [6.07, 6.45) is 0. The molecule has 0 aliphatic rings. The second-order valence-corrected chi connectivity index (χ2v) is 5.37. The highest BCUT2D eigenvalue weighted by Gasteiger charge is 2.12. The Morgan fingerprint density at radius 3 is 2.24 bits per heavy atom. The van der Waals surface area contributed by atoms with Gasteiger partial charge in [0.05, 0.1) is 5.69 Å². The normalized spacial score (nSPS) is 11.5. The van der Waals surface area contributed by atoms with Crippen LogP contribution in [-0.4, -0.2) is 15.9 Å². The van der Waals surface area contributed by atoms with E-state index < -0.39 is 11.3 Å². The maximum atomic E-state index is 13.2. The largest absolute Gasteiger partial charge is 0.503 e. The molecule has 0 saturated heterocycles. The first-order valence-corrected chi connectivity index (χ1v) is 7.36. The van der Waals surface area contributed by atoms with E-state index in [-0.39, 0.29) is 11.7 Å². The number of hydrogen-bond acceptors (Lipinski definition) is 4. The van der Waals surface area contributed by atoms with Crippen molar-refractivity contribution in [3.63, 3.8) is 0 Å². The molecule has 0 atom stereocenters. The van der Waals surface area contributed by atoms with Crippen molar-refractivity contribution >= 4 is 5.84 Å². The summed E-state index contributed by atoms with van der Waals surface area (Å²) in [5, 5.41) is 13.2. The summed E-state index contributed by atoms with van der Waals surface area (Å²) in [6, 6.07) is 14.0. The smallest absolute Gasteiger partial charge is 0.290 e. The molecule has 0 spiro atoms. The Hall–Kier alpha value is -3.61. The summed E-state index contributed by atoms with van der Waals surface area (Å²) in [4.78, 5) is 14.5. The maximum absolute atomic E-state index is 13.2. The third-order valence-corrected chi connectivity index (χ3v) is 3.79. The molecule has 6 nitrogen and oxygen atoms in total. The van der Waals surface area contributed by atoms with Crippen LogP contribution in [0.3, 0.4) is 0 Å². The molecule has 126 valence electrons. The fourth-order valence-corrected chi connectivity index (χ4v) is 2.49. The summed E-state index contributed by atoms with van der Waals surface area (Å²) in [7, 11) is 0. The molecule has 0 bridgehead atoms. The standard InChI is InChI=1S/C18H15FN4O2/c19-13-7-5-11(6-8-13)16-14(9-15(24)18(25)22-16)10-1-3-12(4-2-10)17(20)23-21/h1-9,24H,21H2,(H2,20,23)(H,22,25). The minimum absolute atomic E-state index is 0.189. The van der Waals surface area contributed by atoms with Crippen LogP contribution in [0.25, 0.3) is 22.4 Å². The molecule has 6 N–H and O–H groups in total. The first kappa shape index (κ1) is 16.3. The van der Waals surface area contributed by atoms with Gasteiger partial charge in [-0.3, -0.25) is 4.79 Å². The Labute approximate surface area is 142 Å². The highest BCUT2D eigenvalue weighted by molar-refractivity contribution is 5.97. The lowest BCUT2D eigenvalue weighted by molar-refractivity contribution is 0.467. The number of halogens is 1. The molecule has 0 amide bonds. The molecule has 7 heteroatoms. The number of pyridine rings is 1. The molecule has 2 aromatic carbocycles. The minimum Gasteiger partial charge on any atom is -0.503 e. The van der Waals surface area contributed by atoms with Crippen molar-refractivity contribution in [1.82, 2.24) is 4.98 Å². The molecular formula is C18H15FN4O2. The van der Waals surface area contributed by atoms with E-state index in [9.17, 15) is 14.3 Å². The van der Waals surface area contributed by atoms with Gasteiger partial charge in [0.15, 0.2) is 5.75 Å². The Morgan fingerprint density at radius 1 is 1.04 bits per heavy atom. The summed E-state index contributed by atoms with van der Waals surface area (Å²) in [5.41, 5.74) is 8.06. The third kappa shape index (κ3) is 3.20. The molecule has 1 heterocycles. The van der Waals surface area contributed by atoms with Gasteiger partial charge in [-0.25, -0.2) is 4.39 Å². The van der Waals surface area contributed by atoms with Gasteiger partial charge in [0.25, 0.3) is 5.56 Å². The quantitative estimate of drug-likeness (QED) is 0.253. The predicted molar refractivity (Wildman–Crippen MR) is 94.5 cm³/mol. The Morgan fingerprint density at radius 2 is 1.64 bits per heavy atom. The van der Waals surface area contributed by atoms with Crippen molar-refractivity contribution in [3.05, 3.63) is 76.3 Å². The zero-order valence-electron chi connectivity index (χ0n) is 13.0. The number of nitrogens with zero attached hydrogens (tertiary/aromatic N) is 1. The lowest BCUT2D eigenvalue weighted by Crippen LogP contribution is -2.15. The minimum atomic E-state index is -0.626. The van der Waals surface area contributed by atoms with Crippen molar-refractivity contribution in [2.24, 2.45) is 16.7 Å². The van der Waals surface area contributed by atoms with Crippen molar-refractivity contribution in [3.8, 4) is 28.1 Å². The summed E-state index contributed by atoms with van der Waals surface area (Å²) in [6.45, 7) is 0. The first-order valence-electron chi connectivity index (χ1n) is 7.36. The molecule has 0 radical (unpaired) electrons. The van der Waals surface area contributed by atoms with Gasteiger partial charge < -0.3 is 21.7 Å². The van der Waals surface area contributed by atoms with Crippen LogP contribution in [-0.2, 0) is 0 Å². The van der Waals surface area contributed by atoms with Crippen LogP contribution in [0.1, 0.15) is 5.56 Å². The van der Waals surface area contributed by atoms with E-state index in [1.807, 2.05) is 0 Å². The van der Waals surface area contributed by atoms with Crippen LogP contribution in [0.2, 0.25) is 0 Å². The first-order chi connectivity index (χ1) is 12.0. The Balaban J connectivity index is 2.16. The van der Waals surface area contributed by atoms with Crippen molar-refractivity contribution < 1.29 is 9.50 Å². The highest BCUT2D eigenvalue weighted by atomic mass is 19.1. The molecule has 25 heavy (non-hydrogen) atoms. The monoisotopic (exact) mass is 338 g/mol. The lowest BCUT2D eigenvalue weighted by atomic mass is 9.98. The van der Waals surface area contributed by atoms with E-state index in [0.29, 0.717) is 22.4 Å². The topological polar surface area (TPSA) is 117 Å². The second-order valence-electron chi connectivity index (χ2n) is 5.37. The van der Waals surface area contributed by atoms with Crippen LogP contribution < -0.4 is 17.1 Å². The van der Waals surface area contributed by atoms with Crippen molar-refractivity contribution in [1.29, 1.82) is 0 Å². The number of hydrogen-bond donors (Lipinski definition) is 4. The van der Waals surface area contributed by atoms with Gasteiger partial charge in [0.2, 0.25) is 0 Å². The van der Waals surface area contributed by atoms with Gasteiger partial charge in [-0.1, -0.05) is 24.3 Å². The Bertz CT molecular complexity index is 993. The average molecular weight is 338 g/mol. The number of aromatic nitrogens is 1. The second kappa shape index (κ2) is 6.48. The molecule has 3 aromatic rings. The number of amidine groups is 1. The molecule has 0 aliphatic carbocycles. The van der Waals surface area contributed by atoms with E-state index in [2.05, 4.69) is 10.1 Å². The van der Waals surface area contributed by atoms with Gasteiger partial charge in [-0.15, -0.1) is 0 Å². The molecule has 0 saturated carbocycles. The number of nitrogens with two attached hydrogens (primary N) is 2. The van der Waals surface area contributed by atoms with Gasteiger partial charge in [-0.05, 0) is 41.5 Å². The van der Waals surface area contributed by atoms with Crippen LogP contribution in [0.5, 0.6) is 5.75 Å². The van der Waals surface area contributed by atoms with Gasteiger partial charge >= 0.3 is 0 Å². The highest BCUT2D eigenvalue weighted by Crippen LogP contribution is 2.31. The molecular weight excluding hydrogens is 323 g/mol. The van der Waals surface area contributed by atoms with Crippen LogP contribution in [0, 0.1) is 5.82 Å². The lowest BCUT2D eigenvalue weighted by Gasteiger charge is -2.11. The van der Waals surface area contributed by atoms with E-state index in [1.54, 1.807) is 36.4 Å². The Kier molecular flexibility index (Phi) is 4.21. The molecule has 0 unspecified atom stereocenters. The molecule has 0 fully saturated rings. The van der Waals surface area contributed by atoms with Gasteiger partial charge in [0.1, 0.15) is 11.7 Å². The number of rotatable bonds is 3. The molecule has 3 rings (SSSR count). The summed E-state index contributed by atoms with van der Waals surface area (Å²) < 4.78 is 13.2. The predicted octanol–water partition coefficient (Wildman–Crippen LogP) is 2.13.